The fraction of sp³-hybridized carbons (Fsp3) is 0.526. The van der Waals surface area contributed by atoms with Crippen molar-refractivity contribution in [3.05, 3.63) is 29.8 Å². The number of halogens is 1. The van der Waals surface area contributed by atoms with E-state index in [0.29, 0.717) is 18.8 Å². The Bertz CT molecular complexity index is 581. The van der Waals surface area contributed by atoms with Crippen molar-refractivity contribution >= 4 is 24.3 Å². The van der Waals surface area contributed by atoms with Gasteiger partial charge in [-0.05, 0) is 44.5 Å². The van der Waals surface area contributed by atoms with Crippen LogP contribution in [0, 0.1) is 0 Å². The summed E-state index contributed by atoms with van der Waals surface area (Å²) in [6.45, 7) is 8.96. The van der Waals surface area contributed by atoms with Crippen LogP contribution in [0.2, 0.25) is 0 Å². The van der Waals surface area contributed by atoms with Crippen molar-refractivity contribution in [1.82, 2.24) is 4.90 Å². The number of rotatable bonds is 7. The van der Waals surface area contributed by atoms with Gasteiger partial charge in [-0.25, -0.2) is 0 Å². The van der Waals surface area contributed by atoms with E-state index in [1.54, 1.807) is 30.4 Å². The van der Waals surface area contributed by atoms with E-state index in [1.165, 1.54) is 0 Å². The molecular formula is C19H28ClNO4. The van der Waals surface area contributed by atoms with Crippen LogP contribution in [0.5, 0.6) is 11.5 Å². The van der Waals surface area contributed by atoms with Crippen LogP contribution in [0.15, 0.2) is 24.3 Å². The van der Waals surface area contributed by atoms with E-state index in [2.05, 4.69) is 18.7 Å². The highest BCUT2D eigenvalue weighted by Gasteiger charge is 2.21. The van der Waals surface area contributed by atoms with E-state index < -0.39 is 0 Å². The Morgan fingerprint density at radius 3 is 2.68 bits per heavy atom. The van der Waals surface area contributed by atoms with Gasteiger partial charge in [-0.2, -0.15) is 0 Å². The molecule has 6 heteroatoms. The third-order valence-corrected chi connectivity index (χ3v) is 3.92. The summed E-state index contributed by atoms with van der Waals surface area (Å²) in [5.41, 5.74) is 0.832. The summed E-state index contributed by atoms with van der Waals surface area (Å²) in [4.78, 5) is 14.4. The molecule has 2 rings (SSSR count). The van der Waals surface area contributed by atoms with Crippen LogP contribution in [0.4, 0.5) is 0 Å². The van der Waals surface area contributed by atoms with Crippen LogP contribution >= 0.6 is 12.4 Å². The Balaban J connectivity index is 0.00000312. The molecule has 0 spiro atoms. The number of phenols is 1. The molecule has 2 atom stereocenters. The molecule has 0 aliphatic carbocycles. The summed E-state index contributed by atoms with van der Waals surface area (Å²) >= 11 is 0. The van der Waals surface area contributed by atoms with Gasteiger partial charge in [0.05, 0.1) is 18.8 Å². The predicted molar refractivity (Wildman–Crippen MR) is 102 cm³/mol. The van der Waals surface area contributed by atoms with Crippen LogP contribution in [0.25, 0.3) is 6.08 Å². The smallest absolute Gasteiger partial charge is 0.161 e. The van der Waals surface area contributed by atoms with Gasteiger partial charge in [0.25, 0.3) is 0 Å². The Hall–Kier alpha value is -1.56. The maximum absolute atomic E-state index is 12.1. The van der Waals surface area contributed by atoms with Crippen LogP contribution in [-0.2, 0) is 9.53 Å². The lowest BCUT2D eigenvalue weighted by atomic mass is 10.1. The summed E-state index contributed by atoms with van der Waals surface area (Å²) in [6.07, 6.45) is 4.28. The standard InChI is InChI=1S/C19H27NO4.ClH/c1-4-23-19-11-16(6-8-18(19)22)5-7-17(21)9-10-20-12-14(2)24-15(3)13-20;/h5-8,11,14-15,22H,4,9-10,12-13H2,1-3H3;1H. The largest absolute Gasteiger partial charge is 0.504 e. The van der Waals surface area contributed by atoms with Crippen molar-refractivity contribution in [2.45, 2.75) is 39.4 Å². The fourth-order valence-corrected chi connectivity index (χ4v) is 2.91. The Labute approximate surface area is 156 Å². The van der Waals surface area contributed by atoms with Gasteiger partial charge in [0.2, 0.25) is 0 Å². The first-order chi connectivity index (χ1) is 11.5. The Morgan fingerprint density at radius 2 is 2.04 bits per heavy atom. The van der Waals surface area contributed by atoms with Crippen LogP contribution < -0.4 is 4.74 Å². The van der Waals surface area contributed by atoms with Gasteiger partial charge in [-0.1, -0.05) is 12.1 Å². The lowest BCUT2D eigenvalue weighted by Crippen LogP contribution is -2.45. The van der Waals surface area contributed by atoms with E-state index in [0.717, 1.165) is 25.2 Å². The Morgan fingerprint density at radius 1 is 1.36 bits per heavy atom. The molecule has 0 bridgehead atoms. The number of ketones is 1. The van der Waals surface area contributed by atoms with Crippen molar-refractivity contribution in [2.75, 3.05) is 26.2 Å². The molecule has 0 amide bonds. The normalized spacial score (nSPS) is 21.1. The zero-order valence-electron chi connectivity index (χ0n) is 15.1. The van der Waals surface area contributed by atoms with Crippen molar-refractivity contribution < 1.29 is 19.4 Å². The molecule has 0 saturated carbocycles. The molecule has 1 fully saturated rings. The van der Waals surface area contributed by atoms with E-state index in [9.17, 15) is 9.90 Å². The number of allylic oxidation sites excluding steroid dienone is 1. The SMILES string of the molecule is CCOc1cc(C=CC(=O)CCN2CC(C)OC(C)C2)ccc1O.Cl. The number of phenolic OH excluding ortho intramolecular Hbond substituents is 1. The second-order valence-corrected chi connectivity index (χ2v) is 6.23. The van der Waals surface area contributed by atoms with Gasteiger partial charge in [0, 0.05) is 26.1 Å². The number of carbonyl (C=O) groups is 1. The van der Waals surface area contributed by atoms with Crippen molar-refractivity contribution in [1.29, 1.82) is 0 Å². The Kier molecular flexibility index (Phi) is 8.97. The average molecular weight is 370 g/mol. The number of aromatic hydroxyl groups is 1. The molecule has 1 saturated heterocycles. The van der Waals surface area contributed by atoms with Crippen molar-refractivity contribution in [3.63, 3.8) is 0 Å². The number of ether oxygens (including phenoxy) is 2. The predicted octanol–water partition coefficient (Wildman–Crippen LogP) is 3.29. The number of benzene rings is 1. The first-order valence-corrected chi connectivity index (χ1v) is 8.52. The summed E-state index contributed by atoms with van der Waals surface area (Å²) < 4.78 is 11.0. The molecule has 1 N–H and O–H groups in total. The van der Waals surface area contributed by atoms with Crippen LogP contribution in [0.3, 0.4) is 0 Å². The topological polar surface area (TPSA) is 59.0 Å². The van der Waals surface area contributed by atoms with Gasteiger partial charge in [-0.3, -0.25) is 9.69 Å². The van der Waals surface area contributed by atoms with Gasteiger partial charge in [0.15, 0.2) is 17.3 Å². The van der Waals surface area contributed by atoms with Crippen molar-refractivity contribution in [2.24, 2.45) is 0 Å². The maximum Gasteiger partial charge on any atom is 0.161 e. The van der Waals surface area contributed by atoms with Crippen LogP contribution in [-0.4, -0.2) is 54.2 Å². The summed E-state index contributed by atoms with van der Waals surface area (Å²) in [7, 11) is 0. The van der Waals surface area contributed by atoms with Gasteiger partial charge in [0.1, 0.15) is 0 Å². The first-order valence-electron chi connectivity index (χ1n) is 8.52. The molecule has 1 aromatic rings. The van der Waals surface area contributed by atoms with E-state index in [1.807, 2.05) is 6.92 Å². The summed E-state index contributed by atoms with van der Waals surface area (Å²) in [5.74, 6) is 0.632. The molecule has 1 aromatic carbocycles. The lowest BCUT2D eigenvalue weighted by molar-refractivity contribution is -0.116. The lowest BCUT2D eigenvalue weighted by Gasteiger charge is -2.35. The van der Waals surface area contributed by atoms with E-state index in [-0.39, 0.29) is 36.1 Å². The number of nitrogens with zero attached hydrogens (tertiary/aromatic N) is 1. The first kappa shape index (κ1) is 21.5. The fourth-order valence-electron chi connectivity index (χ4n) is 2.91. The second-order valence-electron chi connectivity index (χ2n) is 6.23. The highest BCUT2D eigenvalue weighted by atomic mass is 35.5. The number of morpholine rings is 1. The quantitative estimate of drug-likeness (QED) is 0.747. The third kappa shape index (κ3) is 7.06. The number of hydrogen-bond donors (Lipinski definition) is 1. The molecule has 1 aliphatic rings. The zero-order valence-corrected chi connectivity index (χ0v) is 15.9. The van der Waals surface area contributed by atoms with Gasteiger partial charge < -0.3 is 14.6 Å². The molecule has 1 heterocycles. The van der Waals surface area contributed by atoms with E-state index >= 15 is 0 Å². The van der Waals surface area contributed by atoms with Gasteiger partial charge in [-0.15, -0.1) is 12.4 Å². The highest BCUT2D eigenvalue weighted by Crippen LogP contribution is 2.27. The third-order valence-electron chi connectivity index (χ3n) is 3.92. The molecule has 2 unspecified atom stereocenters. The molecule has 0 radical (unpaired) electrons. The molecule has 5 nitrogen and oxygen atoms in total. The second kappa shape index (κ2) is 10.4. The van der Waals surface area contributed by atoms with Crippen molar-refractivity contribution in [3.8, 4) is 11.5 Å². The number of hydrogen-bond acceptors (Lipinski definition) is 5. The minimum absolute atomic E-state index is 0. The number of carbonyl (C=O) groups excluding carboxylic acids is 1. The summed E-state index contributed by atoms with van der Waals surface area (Å²) in [6, 6.07) is 5.06. The van der Waals surface area contributed by atoms with Crippen LogP contribution in [0.1, 0.15) is 32.8 Å². The average Bonchev–Trinajstić information content (AvgIpc) is 2.53. The van der Waals surface area contributed by atoms with E-state index in [4.69, 9.17) is 9.47 Å². The molecular weight excluding hydrogens is 342 g/mol. The molecule has 0 aromatic heterocycles. The zero-order chi connectivity index (χ0) is 17.5. The minimum atomic E-state index is 0. The maximum atomic E-state index is 12.1. The molecule has 1 aliphatic heterocycles. The highest BCUT2D eigenvalue weighted by molar-refractivity contribution is 5.93. The van der Waals surface area contributed by atoms with Gasteiger partial charge >= 0.3 is 0 Å². The molecule has 25 heavy (non-hydrogen) atoms. The minimum Gasteiger partial charge on any atom is -0.504 e. The molecule has 140 valence electrons. The summed E-state index contributed by atoms with van der Waals surface area (Å²) in [5, 5.41) is 9.68. The monoisotopic (exact) mass is 369 g/mol.